The zero-order valence-corrected chi connectivity index (χ0v) is 11.6. The van der Waals surface area contributed by atoms with Gasteiger partial charge in [-0.1, -0.05) is 26.0 Å². The number of carboxylic acid groups (broad SMARTS) is 1. The van der Waals surface area contributed by atoms with Crippen molar-refractivity contribution in [2.75, 3.05) is 0 Å². The number of aliphatic carboxylic acids is 1. The van der Waals surface area contributed by atoms with Gasteiger partial charge in [0.1, 0.15) is 5.75 Å². The Morgan fingerprint density at radius 2 is 1.84 bits per heavy atom. The third-order valence-corrected chi connectivity index (χ3v) is 4.47. The van der Waals surface area contributed by atoms with Crippen LogP contribution in [0, 0.1) is 10.8 Å². The summed E-state index contributed by atoms with van der Waals surface area (Å²) in [6, 6.07) is 6.95. The summed E-state index contributed by atoms with van der Waals surface area (Å²) in [7, 11) is 0. The number of aromatic hydroxyl groups is 1. The molecule has 0 unspecified atom stereocenters. The molecule has 0 bridgehead atoms. The average Bonchev–Trinajstić information content (AvgIpc) is 2.32. The molecular formula is C16H22O3. The number of carboxylic acids is 1. The lowest BCUT2D eigenvalue weighted by Crippen LogP contribution is -2.39. The topological polar surface area (TPSA) is 57.5 Å². The van der Waals surface area contributed by atoms with Gasteiger partial charge in [-0.3, -0.25) is 4.79 Å². The lowest BCUT2D eigenvalue weighted by atomic mass is 9.63. The largest absolute Gasteiger partial charge is 0.508 e. The number of phenols is 1. The minimum Gasteiger partial charge on any atom is -0.508 e. The van der Waals surface area contributed by atoms with E-state index in [2.05, 4.69) is 13.8 Å². The van der Waals surface area contributed by atoms with Crippen LogP contribution in [0.4, 0.5) is 0 Å². The second-order valence-electron chi connectivity index (χ2n) is 6.60. The van der Waals surface area contributed by atoms with Crippen LogP contribution in [-0.2, 0) is 11.2 Å². The van der Waals surface area contributed by atoms with Gasteiger partial charge in [0, 0.05) is 0 Å². The van der Waals surface area contributed by atoms with Crippen LogP contribution < -0.4 is 0 Å². The van der Waals surface area contributed by atoms with Crippen LogP contribution in [0.1, 0.15) is 45.1 Å². The van der Waals surface area contributed by atoms with E-state index < -0.39 is 11.4 Å². The summed E-state index contributed by atoms with van der Waals surface area (Å²) in [5, 5.41) is 19.1. The molecule has 0 aliphatic heterocycles. The van der Waals surface area contributed by atoms with Gasteiger partial charge in [0.25, 0.3) is 0 Å². The summed E-state index contributed by atoms with van der Waals surface area (Å²) in [5.74, 6) is -0.500. The Morgan fingerprint density at radius 3 is 2.37 bits per heavy atom. The van der Waals surface area contributed by atoms with Gasteiger partial charge in [-0.25, -0.2) is 0 Å². The number of hydrogen-bond donors (Lipinski definition) is 2. The lowest BCUT2D eigenvalue weighted by Gasteiger charge is -2.41. The Hall–Kier alpha value is -1.51. The average molecular weight is 262 g/mol. The van der Waals surface area contributed by atoms with Gasteiger partial charge in [-0.15, -0.1) is 0 Å². The van der Waals surface area contributed by atoms with E-state index in [1.165, 1.54) is 0 Å². The molecule has 1 saturated carbocycles. The standard InChI is InChI=1S/C16H22O3/c1-15(2)6-8-16(9-7-15,14(18)19)11-12-4-3-5-13(17)10-12/h3-5,10,17H,6-9,11H2,1-2H3,(H,18,19). The molecule has 19 heavy (non-hydrogen) atoms. The number of phenolic OH excluding ortho intramolecular Hbond substituents is 1. The maximum atomic E-state index is 11.7. The summed E-state index contributed by atoms with van der Waals surface area (Å²) in [5.41, 5.74) is 0.489. The highest BCUT2D eigenvalue weighted by atomic mass is 16.4. The van der Waals surface area contributed by atoms with Gasteiger partial charge >= 0.3 is 5.97 Å². The van der Waals surface area contributed by atoms with Crippen LogP contribution in [0.2, 0.25) is 0 Å². The molecule has 0 amide bonds. The summed E-state index contributed by atoms with van der Waals surface area (Å²) in [6.45, 7) is 4.40. The van der Waals surface area contributed by atoms with E-state index in [4.69, 9.17) is 0 Å². The summed E-state index contributed by atoms with van der Waals surface area (Å²) < 4.78 is 0. The first-order valence-electron chi connectivity index (χ1n) is 6.84. The normalized spacial score (nSPS) is 20.9. The van der Waals surface area contributed by atoms with Crippen molar-refractivity contribution in [2.45, 2.75) is 46.0 Å². The minimum absolute atomic E-state index is 0.203. The van der Waals surface area contributed by atoms with Gasteiger partial charge in [0.15, 0.2) is 0 Å². The predicted octanol–water partition coefficient (Wildman–Crippen LogP) is 3.61. The van der Waals surface area contributed by atoms with E-state index in [1.807, 2.05) is 6.07 Å². The molecule has 0 radical (unpaired) electrons. The zero-order valence-electron chi connectivity index (χ0n) is 11.6. The van der Waals surface area contributed by atoms with Crippen LogP contribution in [-0.4, -0.2) is 16.2 Å². The van der Waals surface area contributed by atoms with E-state index >= 15 is 0 Å². The Morgan fingerprint density at radius 1 is 1.21 bits per heavy atom. The molecule has 1 aliphatic carbocycles. The van der Waals surface area contributed by atoms with Crippen LogP contribution in [0.3, 0.4) is 0 Å². The molecule has 0 heterocycles. The predicted molar refractivity (Wildman–Crippen MR) is 74.1 cm³/mol. The SMILES string of the molecule is CC1(C)CCC(Cc2cccc(O)c2)(C(=O)O)CC1. The highest BCUT2D eigenvalue weighted by molar-refractivity contribution is 5.75. The zero-order chi connectivity index (χ0) is 14.1. The smallest absolute Gasteiger partial charge is 0.309 e. The lowest BCUT2D eigenvalue weighted by molar-refractivity contribution is -0.152. The van der Waals surface area contributed by atoms with Crippen LogP contribution in [0.15, 0.2) is 24.3 Å². The van der Waals surface area contributed by atoms with E-state index in [0.29, 0.717) is 19.3 Å². The van der Waals surface area contributed by atoms with E-state index in [9.17, 15) is 15.0 Å². The van der Waals surface area contributed by atoms with Crippen molar-refractivity contribution >= 4 is 5.97 Å². The van der Waals surface area contributed by atoms with Gasteiger partial charge in [0.05, 0.1) is 5.41 Å². The van der Waals surface area contributed by atoms with E-state index in [-0.39, 0.29) is 11.2 Å². The summed E-state index contributed by atoms with van der Waals surface area (Å²) in [4.78, 5) is 11.7. The minimum atomic E-state index is -0.702. The molecule has 3 nitrogen and oxygen atoms in total. The van der Waals surface area contributed by atoms with Crippen molar-refractivity contribution in [3.8, 4) is 5.75 Å². The van der Waals surface area contributed by atoms with Crippen molar-refractivity contribution in [3.05, 3.63) is 29.8 Å². The third-order valence-electron chi connectivity index (χ3n) is 4.47. The monoisotopic (exact) mass is 262 g/mol. The molecule has 2 rings (SSSR count). The van der Waals surface area contributed by atoms with E-state index in [1.54, 1.807) is 18.2 Å². The maximum absolute atomic E-state index is 11.7. The number of hydrogen-bond acceptors (Lipinski definition) is 2. The Kier molecular flexibility index (Phi) is 3.57. The second-order valence-corrected chi connectivity index (χ2v) is 6.60. The highest BCUT2D eigenvalue weighted by Gasteiger charge is 2.44. The highest BCUT2D eigenvalue weighted by Crippen LogP contribution is 2.47. The molecule has 0 atom stereocenters. The molecule has 1 aliphatic rings. The first-order valence-corrected chi connectivity index (χ1v) is 6.84. The molecule has 1 aromatic carbocycles. The quantitative estimate of drug-likeness (QED) is 0.875. The van der Waals surface area contributed by atoms with Gasteiger partial charge < -0.3 is 10.2 Å². The fraction of sp³-hybridized carbons (Fsp3) is 0.562. The molecular weight excluding hydrogens is 240 g/mol. The molecule has 3 heteroatoms. The van der Waals surface area contributed by atoms with Crippen molar-refractivity contribution in [2.24, 2.45) is 10.8 Å². The van der Waals surface area contributed by atoms with Gasteiger partial charge in [0.2, 0.25) is 0 Å². The van der Waals surface area contributed by atoms with Crippen LogP contribution in [0.25, 0.3) is 0 Å². The number of benzene rings is 1. The maximum Gasteiger partial charge on any atom is 0.309 e. The first-order chi connectivity index (χ1) is 8.83. The Balaban J connectivity index is 2.20. The van der Waals surface area contributed by atoms with Gasteiger partial charge in [-0.2, -0.15) is 0 Å². The first kappa shape index (κ1) is 13.9. The summed E-state index contributed by atoms with van der Waals surface area (Å²) in [6.07, 6.45) is 3.82. The Labute approximate surface area is 114 Å². The van der Waals surface area contributed by atoms with Crippen molar-refractivity contribution in [3.63, 3.8) is 0 Å². The van der Waals surface area contributed by atoms with Crippen molar-refractivity contribution in [1.82, 2.24) is 0 Å². The van der Waals surface area contributed by atoms with Crippen molar-refractivity contribution < 1.29 is 15.0 Å². The third kappa shape index (κ3) is 3.09. The molecule has 0 aromatic heterocycles. The van der Waals surface area contributed by atoms with E-state index in [0.717, 1.165) is 18.4 Å². The number of rotatable bonds is 3. The van der Waals surface area contributed by atoms with Crippen LogP contribution in [0.5, 0.6) is 5.75 Å². The number of carbonyl (C=O) groups is 1. The fourth-order valence-corrected chi connectivity index (χ4v) is 2.93. The molecule has 1 fully saturated rings. The fourth-order valence-electron chi connectivity index (χ4n) is 2.93. The van der Waals surface area contributed by atoms with Gasteiger partial charge in [-0.05, 0) is 55.2 Å². The van der Waals surface area contributed by atoms with Crippen LogP contribution >= 0.6 is 0 Å². The second kappa shape index (κ2) is 4.87. The summed E-state index contributed by atoms with van der Waals surface area (Å²) >= 11 is 0. The molecule has 0 saturated heterocycles. The molecule has 2 N–H and O–H groups in total. The molecule has 1 aromatic rings. The van der Waals surface area contributed by atoms with Crippen molar-refractivity contribution in [1.29, 1.82) is 0 Å². The molecule has 104 valence electrons. The molecule has 0 spiro atoms. The Bertz CT molecular complexity index is 467.